The number of aliphatic hydroxyl groups excluding tert-OH is 1. The Bertz CT molecular complexity index is 188. The Morgan fingerprint density at radius 3 is 2.62 bits per heavy atom. The minimum absolute atomic E-state index is 0.0399. The van der Waals surface area contributed by atoms with Gasteiger partial charge in [0.05, 0.1) is 12.1 Å². The van der Waals surface area contributed by atoms with Crippen LogP contribution in [0.5, 0.6) is 0 Å². The molecule has 0 aliphatic heterocycles. The normalized spacial score (nSPS) is 22.7. The van der Waals surface area contributed by atoms with E-state index in [0.29, 0.717) is 0 Å². The zero-order chi connectivity index (χ0) is 9.90. The first-order chi connectivity index (χ1) is 6.08. The number of amides is 1. The molecule has 4 nitrogen and oxygen atoms in total. The maximum absolute atomic E-state index is 11.6. The van der Waals surface area contributed by atoms with Gasteiger partial charge in [-0.2, -0.15) is 0 Å². The second kappa shape index (κ2) is 4.07. The summed E-state index contributed by atoms with van der Waals surface area (Å²) in [6.45, 7) is 1.72. The van der Waals surface area contributed by atoms with Crippen LogP contribution in [0.25, 0.3) is 0 Å². The lowest BCUT2D eigenvalue weighted by molar-refractivity contribution is -0.127. The molecule has 1 atom stereocenters. The van der Waals surface area contributed by atoms with Crippen LogP contribution in [0.4, 0.5) is 0 Å². The topological polar surface area (TPSA) is 75.3 Å². The van der Waals surface area contributed by atoms with Crippen molar-refractivity contribution in [3.05, 3.63) is 0 Å². The Balaban J connectivity index is 2.46. The molecule has 76 valence electrons. The smallest absolute Gasteiger partial charge is 0.240 e. The van der Waals surface area contributed by atoms with Crippen molar-refractivity contribution in [2.45, 2.75) is 44.2 Å². The molecular formula is C9H18N2O2. The number of nitrogens with one attached hydrogen (secondary N) is 1. The van der Waals surface area contributed by atoms with E-state index in [1.54, 1.807) is 6.92 Å². The van der Waals surface area contributed by atoms with Crippen LogP contribution in [-0.2, 0) is 4.79 Å². The SMILES string of the molecule is C[C@@H](CO)NC(=O)C1(N)CCCC1. The van der Waals surface area contributed by atoms with Crippen LogP contribution in [0.2, 0.25) is 0 Å². The molecule has 0 radical (unpaired) electrons. The fourth-order valence-corrected chi connectivity index (χ4v) is 1.65. The van der Waals surface area contributed by atoms with E-state index >= 15 is 0 Å². The number of rotatable bonds is 3. The lowest BCUT2D eigenvalue weighted by atomic mass is 9.98. The Hall–Kier alpha value is -0.610. The van der Waals surface area contributed by atoms with Crippen LogP contribution in [0.3, 0.4) is 0 Å². The molecule has 1 saturated carbocycles. The Labute approximate surface area is 78.5 Å². The lowest BCUT2D eigenvalue weighted by Gasteiger charge is -2.24. The summed E-state index contributed by atoms with van der Waals surface area (Å²) >= 11 is 0. The van der Waals surface area contributed by atoms with Gasteiger partial charge in [-0.15, -0.1) is 0 Å². The number of nitrogens with two attached hydrogens (primary N) is 1. The summed E-state index contributed by atoms with van der Waals surface area (Å²) in [5.74, 6) is -0.119. The van der Waals surface area contributed by atoms with Gasteiger partial charge in [-0.25, -0.2) is 0 Å². The molecule has 4 N–H and O–H groups in total. The lowest BCUT2D eigenvalue weighted by Crippen LogP contribution is -2.54. The highest BCUT2D eigenvalue weighted by Crippen LogP contribution is 2.27. The highest BCUT2D eigenvalue weighted by atomic mass is 16.3. The molecule has 0 aromatic heterocycles. The molecule has 0 unspecified atom stereocenters. The standard InChI is InChI=1S/C9H18N2O2/c1-7(6-12)11-8(13)9(10)4-2-3-5-9/h7,12H,2-6,10H2,1H3,(H,11,13)/t7-/m0/s1. The third-order valence-electron chi connectivity index (χ3n) is 2.60. The molecule has 1 aliphatic rings. The summed E-state index contributed by atoms with van der Waals surface area (Å²) in [5.41, 5.74) is 5.23. The van der Waals surface area contributed by atoms with Crippen LogP contribution in [0.15, 0.2) is 0 Å². The second-order valence-corrected chi connectivity index (χ2v) is 3.92. The summed E-state index contributed by atoms with van der Waals surface area (Å²) in [7, 11) is 0. The first-order valence-corrected chi connectivity index (χ1v) is 4.79. The molecule has 0 aromatic carbocycles. The van der Waals surface area contributed by atoms with Gasteiger partial charge in [0.15, 0.2) is 0 Å². The van der Waals surface area contributed by atoms with Crippen LogP contribution in [0.1, 0.15) is 32.6 Å². The van der Waals surface area contributed by atoms with Gasteiger partial charge in [-0.1, -0.05) is 12.8 Å². The van der Waals surface area contributed by atoms with E-state index in [1.165, 1.54) is 0 Å². The molecule has 0 heterocycles. The van der Waals surface area contributed by atoms with Crippen molar-refractivity contribution in [1.29, 1.82) is 0 Å². The van der Waals surface area contributed by atoms with Crippen molar-refractivity contribution in [3.8, 4) is 0 Å². The Morgan fingerprint density at radius 2 is 2.15 bits per heavy atom. The van der Waals surface area contributed by atoms with E-state index in [2.05, 4.69) is 5.32 Å². The fourth-order valence-electron chi connectivity index (χ4n) is 1.65. The third-order valence-corrected chi connectivity index (χ3v) is 2.60. The predicted octanol–water partition coefficient (Wildman–Crippen LogP) is -0.245. The second-order valence-electron chi connectivity index (χ2n) is 3.92. The van der Waals surface area contributed by atoms with E-state index < -0.39 is 5.54 Å². The Kier molecular flexibility index (Phi) is 3.27. The minimum Gasteiger partial charge on any atom is -0.394 e. The van der Waals surface area contributed by atoms with Crippen LogP contribution >= 0.6 is 0 Å². The van der Waals surface area contributed by atoms with Crippen molar-refractivity contribution >= 4 is 5.91 Å². The summed E-state index contributed by atoms with van der Waals surface area (Å²) < 4.78 is 0. The van der Waals surface area contributed by atoms with Gasteiger partial charge in [0, 0.05) is 6.04 Å². The van der Waals surface area contributed by atoms with Crippen LogP contribution < -0.4 is 11.1 Å². The van der Waals surface area contributed by atoms with Gasteiger partial charge in [-0.05, 0) is 19.8 Å². The van der Waals surface area contributed by atoms with Gasteiger partial charge >= 0.3 is 0 Å². The average molecular weight is 186 g/mol. The average Bonchev–Trinajstić information content (AvgIpc) is 2.53. The van der Waals surface area contributed by atoms with E-state index in [9.17, 15) is 4.79 Å². The fraction of sp³-hybridized carbons (Fsp3) is 0.889. The first-order valence-electron chi connectivity index (χ1n) is 4.79. The molecule has 1 fully saturated rings. The van der Waals surface area contributed by atoms with Crippen LogP contribution in [0, 0.1) is 0 Å². The van der Waals surface area contributed by atoms with Gasteiger partial charge in [-0.3, -0.25) is 4.79 Å². The molecule has 0 aromatic rings. The maximum atomic E-state index is 11.6. The van der Waals surface area contributed by atoms with Crippen LogP contribution in [-0.4, -0.2) is 29.2 Å². The summed E-state index contributed by atoms with van der Waals surface area (Å²) in [5, 5.41) is 11.5. The molecule has 4 heteroatoms. The maximum Gasteiger partial charge on any atom is 0.240 e. The van der Waals surface area contributed by atoms with Gasteiger partial charge in [0.25, 0.3) is 0 Å². The molecule has 0 saturated heterocycles. The van der Waals surface area contributed by atoms with Gasteiger partial charge in [0.2, 0.25) is 5.91 Å². The summed E-state index contributed by atoms with van der Waals surface area (Å²) in [4.78, 5) is 11.6. The van der Waals surface area contributed by atoms with Gasteiger partial charge < -0.3 is 16.2 Å². The molecule has 1 amide bonds. The van der Waals surface area contributed by atoms with Crippen molar-refractivity contribution < 1.29 is 9.90 Å². The number of hydrogen-bond donors (Lipinski definition) is 3. The highest BCUT2D eigenvalue weighted by Gasteiger charge is 2.37. The van der Waals surface area contributed by atoms with Crippen molar-refractivity contribution in [1.82, 2.24) is 5.32 Å². The molecule has 0 spiro atoms. The predicted molar refractivity (Wildman–Crippen MR) is 50.1 cm³/mol. The largest absolute Gasteiger partial charge is 0.394 e. The van der Waals surface area contributed by atoms with E-state index in [-0.39, 0.29) is 18.6 Å². The van der Waals surface area contributed by atoms with E-state index in [0.717, 1.165) is 25.7 Å². The number of carbonyl (C=O) groups is 1. The minimum atomic E-state index is -0.677. The van der Waals surface area contributed by atoms with E-state index in [4.69, 9.17) is 10.8 Å². The van der Waals surface area contributed by atoms with E-state index in [1.807, 2.05) is 0 Å². The first kappa shape index (κ1) is 10.5. The van der Waals surface area contributed by atoms with Gasteiger partial charge in [0.1, 0.15) is 0 Å². The molecule has 0 bridgehead atoms. The summed E-state index contributed by atoms with van der Waals surface area (Å²) in [6.07, 6.45) is 3.57. The zero-order valence-corrected chi connectivity index (χ0v) is 8.05. The van der Waals surface area contributed by atoms with Crippen molar-refractivity contribution in [2.24, 2.45) is 5.73 Å². The monoisotopic (exact) mass is 186 g/mol. The highest BCUT2D eigenvalue weighted by molar-refractivity contribution is 5.86. The quantitative estimate of drug-likeness (QED) is 0.569. The summed E-state index contributed by atoms with van der Waals surface area (Å²) in [6, 6.07) is -0.200. The van der Waals surface area contributed by atoms with Crippen molar-refractivity contribution in [3.63, 3.8) is 0 Å². The molecule has 1 rings (SSSR count). The number of hydrogen-bond acceptors (Lipinski definition) is 3. The number of carbonyl (C=O) groups excluding carboxylic acids is 1. The van der Waals surface area contributed by atoms with Crippen molar-refractivity contribution in [2.75, 3.05) is 6.61 Å². The third kappa shape index (κ3) is 2.42. The molecular weight excluding hydrogens is 168 g/mol. The molecule has 1 aliphatic carbocycles. The number of aliphatic hydroxyl groups is 1. The zero-order valence-electron chi connectivity index (χ0n) is 8.05. The molecule has 13 heavy (non-hydrogen) atoms. The Morgan fingerprint density at radius 1 is 1.62 bits per heavy atom.